The Balaban J connectivity index is 2.47. The summed E-state index contributed by atoms with van der Waals surface area (Å²) in [6, 6.07) is -0.579. The molecule has 2 N–H and O–H groups in total. The van der Waals surface area contributed by atoms with Crippen LogP contribution in [0.4, 0.5) is 0 Å². The molecule has 7 nitrogen and oxygen atoms in total. The number of rotatable bonds is 9. The van der Waals surface area contributed by atoms with Gasteiger partial charge in [0.1, 0.15) is 0 Å². The van der Waals surface area contributed by atoms with Gasteiger partial charge in [0.15, 0.2) is 0 Å². The van der Waals surface area contributed by atoms with Gasteiger partial charge in [-0.25, -0.2) is 13.1 Å². The molecule has 0 aliphatic heterocycles. The molecular formula is C11H19NO6S. The van der Waals surface area contributed by atoms with Crippen molar-refractivity contribution in [3.8, 4) is 0 Å². The van der Waals surface area contributed by atoms with Crippen molar-refractivity contribution in [3.05, 3.63) is 0 Å². The van der Waals surface area contributed by atoms with Crippen LogP contribution in [0.3, 0.4) is 0 Å². The summed E-state index contributed by atoms with van der Waals surface area (Å²) in [6.45, 7) is 1.84. The maximum Gasteiger partial charge on any atom is 0.306 e. The van der Waals surface area contributed by atoms with Crippen LogP contribution in [0.5, 0.6) is 0 Å². The lowest BCUT2D eigenvalue weighted by Crippen LogP contribution is -2.39. The number of carboxylic acid groups (broad SMARTS) is 1. The molecule has 8 heteroatoms. The highest BCUT2D eigenvalue weighted by molar-refractivity contribution is 7.89. The van der Waals surface area contributed by atoms with Gasteiger partial charge in [0.25, 0.3) is 0 Å². The average molecular weight is 293 g/mol. The van der Waals surface area contributed by atoms with Gasteiger partial charge in [0.2, 0.25) is 10.0 Å². The molecule has 1 aliphatic rings. The van der Waals surface area contributed by atoms with Crippen molar-refractivity contribution >= 4 is 22.0 Å². The van der Waals surface area contributed by atoms with Gasteiger partial charge in [-0.3, -0.25) is 9.59 Å². The fourth-order valence-corrected chi connectivity index (χ4v) is 3.02. The molecule has 0 amide bonds. The minimum absolute atomic E-state index is 0.0912. The van der Waals surface area contributed by atoms with Crippen LogP contribution in [0.2, 0.25) is 0 Å². The van der Waals surface area contributed by atoms with Crippen LogP contribution < -0.4 is 4.72 Å². The Kier molecular flexibility index (Phi) is 5.74. The standard InChI is InChI=1S/C11H19NO6S/c1-2-18-11(15)5-6-19(16,17)12-9(7-10(13)14)8-3-4-8/h8-9,12H,2-7H2,1H3,(H,13,14). The van der Waals surface area contributed by atoms with Crippen LogP contribution in [-0.2, 0) is 24.3 Å². The Labute approximate surface area is 112 Å². The maximum absolute atomic E-state index is 11.8. The summed E-state index contributed by atoms with van der Waals surface area (Å²) in [7, 11) is -3.66. The Hall–Kier alpha value is -1.15. The lowest BCUT2D eigenvalue weighted by Gasteiger charge is -2.16. The smallest absolute Gasteiger partial charge is 0.306 e. The van der Waals surface area contributed by atoms with Crippen LogP contribution in [-0.4, -0.2) is 43.9 Å². The molecule has 1 fully saturated rings. The van der Waals surface area contributed by atoms with Gasteiger partial charge in [-0.05, 0) is 25.7 Å². The largest absolute Gasteiger partial charge is 0.481 e. The second kappa shape index (κ2) is 6.85. The van der Waals surface area contributed by atoms with E-state index in [2.05, 4.69) is 9.46 Å². The third-order valence-corrected chi connectivity index (χ3v) is 4.20. The van der Waals surface area contributed by atoms with Gasteiger partial charge >= 0.3 is 11.9 Å². The number of nitrogens with one attached hydrogen (secondary N) is 1. The fraction of sp³-hybridized carbons (Fsp3) is 0.818. The molecule has 1 saturated carbocycles. The van der Waals surface area contributed by atoms with E-state index in [0.717, 1.165) is 12.8 Å². The maximum atomic E-state index is 11.8. The van der Waals surface area contributed by atoms with Crippen LogP contribution in [0.1, 0.15) is 32.6 Å². The van der Waals surface area contributed by atoms with Crippen molar-refractivity contribution in [2.75, 3.05) is 12.4 Å². The minimum atomic E-state index is -3.66. The van der Waals surface area contributed by atoms with E-state index in [-0.39, 0.29) is 31.1 Å². The lowest BCUT2D eigenvalue weighted by molar-refractivity contribution is -0.142. The highest BCUT2D eigenvalue weighted by Gasteiger charge is 2.35. The molecule has 0 heterocycles. The molecule has 1 atom stereocenters. The fourth-order valence-electron chi connectivity index (χ4n) is 1.73. The summed E-state index contributed by atoms with van der Waals surface area (Å²) in [6.07, 6.45) is 1.20. The number of esters is 1. The third-order valence-electron chi connectivity index (χ3n) is 2.80. The predicted molar refractivity (Wildman–Crippen MR) is 66.9 cm³/mol. The van der Waals surface area contributed by atoms with E-state index in [0.29, 0.717) is 0 Å². The number of hydrogen-bond donors (Lipinski definition) is 2. The molecule has 1 unspecified atom stereocenters. The quantitative estimate of drug-likeness (QED) is 0.584. The minimum Gasteiger partial charge on any atom is -0.481 e. The number of carbonyl (C=O) groups is 2. The number of carboxylic acids is 1. The SMILES string of the molecule is CCOC(=O)CCS(=O)(=O)NC(CC(=O)O)C1CC1. The van der Waals surface area contributed by atoms with Gasteiger partial charge in [0.05, 0.1) is 25.2 Å². The van der Waals surface area contributed by atoms with Crippen LogP contribution in [0.25, 0.3) is 0 Å². The van der Waals surface area contributed by atoms with Gasteiger partial charge in [-0.15, -0.1) is 0 Å². The van der Waals surface area contributed by atoms with Crippen molar-refractivity contribution in [2.45, 2.75) is 38.6 Å². The Morgan fingerprint density at radius 2 is 2.05 bits per heavy atom. The molecule has 1 rings (SSSR count). The van der Waals surface area contributed by atoms with Gasteiger partial charge in [-0.1, -0.05) is 0 Å². The molecule has 1 aliphatic carbocycles. The first-order chi connectivity index (χ1) is 8.84. The first-order valence-corrected chi connectivity index (χ1v) is 7.86. The molecule has 0 aromatic heterocycles. The van der Waals surface area contributed by atoms with E-state index < -0.39 is 28.0 Å². The van der Waals surface area contributed by atoms with Gasteiger partial charge < -0.3 is 9.84 Å². The number of ether oxygens (including phenoxy) is 1. The van der Waals surface area contributed by atoms with Crippen LogP contribution >= 0.6 is 0 Å². The normalized spacial score (nSPS) is 16.9. The summed E-state index contributed by atoms with van der Waals surface area (Å²) >= 11 is 0. The zero-order chi connectivity index (χ0) is 14.5. The van der Waals surface area contributed by atoms with Gasteiger partial charge in [0, 0.05) is 6.04 Å². The molecular weight excluding hydrogens is 274 g/mol. The second-order valence-corrected chi connectivity index (χ2v) is 6.41. The predicted octanol–water partition coefficient (Wildman–Crippen LogP) is 0.112. The number of aliphatic carboxylic acids is 1. The molecule has 0 spiro atoms. The van der Waals surface area contributed by atoms with E-state index in [1.54, 1.807) is 6.92 Å². The Morgan fingerprint density at radius 1 is 1.42 bits per heavy atom. The summed E-state index contributed by atoms with van der Waals surface area (Å²) in [5, 5.41) is 8.74. The molecule has 0 bridgehead atoms. The second-order valence-electron chi connectivity index (χ2n) is 4.53. The highest BCUT2D eigenvalue weighted by Crippen LogP contribution is 2.34. The topological polar surface area (TPSA) is 110 Å². The van der Waals surface area contributed by atoms with Crippen molar-refractivity contribution in [1.82, 2.24) is 4.72 Å². The summed E-state index contributed by atoms with van der Waals surface area (Å²) in [4.78, 5) is 21.8. The lowest BCUT2D eigenvalue weighted by atomic mass is 10.1. The van der Waals surface area contributed by atoms with Crippen LogP contribution in [0, 0.1) is 5.92 Å². The molecule has 0 aromatic rings. The van der Waals surface area contributed by atoms with Crippen molar-refractivity contribution in [1.29, 1.82) is 0 Å². The molecule has 19 heavy (non-hydrogen) atoms. The van der Waals surface area contributed by atoms with Crippen molar-refractivity contribution in [2.24, 2.45) is 5.92 Å². The number of sulfonamides is 1. The van der Waals surface area contributed by atoms with Crippen LogP contribution in [0.15, 0.2) is 0 Å². The zero-order valence-electron chi connectivity index (χ0n) is 10.8. The molecule has 0 radical (unpaired) electrons. The van der Waals surface area contributed by atoms with Gasteiger partial charge in [-0.2, -0.15) is 0 Å². The molecule has 0 aromatic carbocycles. The van der Waals surface area contributed by atoms with E-state index in [4.69, 9.17) is 5.11 Å². The summed E-state index contributed by atoms with van der Waals surface area (Å²) in [5.41, 5.74) is 0. The van der Waals surface area contributed by atoms with E-state index in [1.165, 1.54) is 0 Å². The van der Waals surface area contributed by atoms with Crippen molar-refractivity contribution < 1.29 is 27.9 Å². The highest BCUT2D eigenvalue weighted by atomic mass is 32.2. The van der Waals surface area contributed by atoms with E-state index in [9.17, 15) is 18.0 Å². The number of hydrogen-bond acceptors (Lipinski definition) is 5. The first-order valence-electron chi connectivity index (χ1n) is 6.21. The van der Waals surface area contributed by atoms with E-state index in [1.807, 2.05) is 0 Å². The molecule has 0 saturated heterocycles. The Morgan fingerprint density at radius 3 is 2.53 bits per heavy atom. The number of carbonyl (C=O) groups excluding carboxylic acids is 1. The Bertz CT molecular complexity index is 428. The monoisotopic (exact) mass is 293 g/mol. The molecule has 110 valence electrons. The summed E-state index contributed by atoms with van der Waals surface area (Å²) < 4.78 is 30.5. The zero-order valence-corrected chi connectivity index (χ0v) is 11.6. The van der Waals surface area contributed by atoms with Crippen molar-refractivity contribution in [3.63, 3.8) is 0 Å². The third kappa shape index (κ3) is 6.53. The van der Waals surface area contributed by atoms with E-state index >= 15 is 0 Å². The summed E-state index contributed by atoms with van der Waals surface area (Å²) in [5.74, 6) is -1.90. The average Bonchev–Trinajstić information content (AvgIpc) is 3.09. The first kappa shape index (κ1) is 15.9.